The maximum Gasteiger partial charge on any atom is 0.260 e. The maximum atomic E-state index is 12.0. The quantitative estimate of drug-likeness (QED) is 0.765. The zero-order chi connectivity index (χ0) is 15.5. The fourth-order valence-electron chi connectivity index (χ4n) is 2.20. The van der Waals surface area contributed by atoms with Gasteiger partial charge in [-0.1, -0.05) is 0 Å². The number of nitrogens with zero attached hydrogens (tertiary/aromatic N) is 1. The zero-order valence-corrected chi connectivity index (χ0v) is 13.7. The third-order valence-corrected chi connectivity index (χ3v) is 6.07. The van der Waals surface area contributed by atoms with Crippen molar-refractivity contribution in [2.45, 2.75) is 17.4 Å². The van der Waals surface area contributed by atoms with Crippen LogP contribution in [0, 0.1) is 0 Å². The molecule has 1 aromatic carbocycles. The zero-order valence-electron chi connectivity index (χ0n) is 12.1. The molecule has 0 saturated carbocycles. The molecule has 0 radical (unpaired) electrons. The topological polar surface area (TPSA) is 63.7 Å². The Morgan fingerprint density at radius 3 is 2.57 bits per heavy atom. The highest BCUT2D eigenvalue weighted by molar-refractivity contribution is 7.98. The molecule has 0 spiro atoms. The normalized spacial score (nSPS) is 20.2. The summed E-state index contributed by atoms with van der Waals surface area (Å²) < 4.78 is 28.3. The number of carbonyl (C=O) groups excluding carboxylic acids is 1. The average Bonchev–Trinajstić information content (AvgIpc) is 2.84. The molecule has 0 aliphatic carbocycles. The lowest BCUT2D eigenvalue weighted by Gasteiger charge is -2.23. The highest BCUT2D eigenvalue weighted by atomic mass is 32.2. The van der Waals surface area contributed by atoms with Crippen molar-refractivity contribution in [3.8, 4) is 5.75 Å². The second-order valence-corrected chi connectivity index (χ2v) is 8.13. The van der Waals surface area contributed by atoms with Gasteiger partial charge in [-0.15, -0.1) is 11.8 Å². The first-order valence-electron chi connectivity index (χ1n) is 6.64. The molecule has 2 rings (SSSR count). The fraction of sp³-hybridized carbons (Fsp3) is 0.500. The summed E-state index contributed by atoms with van der Waals surface area (Å²) in [5.41, 5.74) is 0. The maximum absolute atomic E-state index is 12.0. The first kappa shape index (κ1) is 16.2. The van der Waals surface area contributed by atoms with Gasteiger partial charge in [-0.05, 0) is 36.9 Å². The Morgan fingerprint density at radius 2 is 2.05 bits per heavy atom. The van der Waals surface area contributed by atoms with Gasteiger partial charge in [0.2, 0.25) is 0 Å². The summed E-state index contributed by atoms with van der Waals surface area (Å²) in [6, 6.07) is 7.26. The van der Waals surface area contributed by atoms with E-state index >= 15 is 0 Å². The molecule has 1 aliphatic heterocycles. The highest BCUT2D eigenvalue weighted by Crippen LogP contribution is 2.20. The first-order valence-corrected chi connectivity index (χ1v) is 9.69. The second-order valence-electron chi connectivity index (χ2n) is 5.03. The molecule has 0 bridgehead atoms. The summed E-state index contributed by atoms with van der Waals surface area (Å²) in [5.74, 6) is 0.642. The van der Waals surface area contributed by atoms with E-state index in [2.05, 4.69) is 0 Å². The third kappa shape index (κ3) is 4.38. The van der Waals surface area contributed by atoms with Gasteiger partial charge in [-0.25, -0.2) is 8.42 Å². The van der Waals surface area contributed by atoms with Gasteiger partial charge < -0.3 is 9.64 Å². The monoisotopic (exact) mass is 329 g/mol. The van der Waals surface area contributed by atoms with Gasteiger partial charge in [-0.2, -0.15) is 0 Å². The number of thioether (sulfide) groups is 1. The molecule has 1 atom stereocenters. The summed E-state index contributed by atoms with van der Waals surface area (Å²) in [6.07, 6.45) is 2.50. The molecule has 1 aliphatic rings. The molecule has 1 amide bonds. The molecule has 0 N–H and O–H groups in total. The Bertz CT molecular complexity index is 598. The predicted octanol–water partition coefficient (Wildman–Crippen LogP) is 1.43. The summed E-state index contributed by atoms with van der Waals surface area (Å²) >= 11 is 1.64. The number of hydrogen-bond acceptors (Lipinski definition) is 5. The van der Waals surface area contributed by atoms with E-state index in [1.54, 1.807) is 18.8 Å². The van der Waals surface area contributed by atoms with E-state index in [0.717, 1.165) is 4.90 Å². The van der Waals surface area contributed by atoms with Crippen molar-refractivity contribution < 1.29 is 17.9 Å². The summed E-state index contributed by atoms with van der Waals surface area (Å²) in [5, 5.41) is 0. The average molecular weight is 329 g/mol. The number of likely N-dealkylation sites (N-methyl/N-ethyl adjacent to an activating group) is 1. The van der Waals surface area contributed by atoms with E-state index < -0.39 is 9.84 Å². The standard InChI is InChI=1S/C14H19NO4S2/c1-15(11-7-8-21(17,18)10-11)14(16)9-19-12-3-5-13(20-2)6-4-12/h3-6,11H,7-10H2,1-2H3. The van der Waals surface area contributed by atoms with E-state index in [0.29, 0.717) is 12.2 Å². The number of sulfone groups is 1. The highest BCUT2D eigenvalue weighted by Gasteiger charge is 2.32. The molecule has 7 heteroatoms. The summed E-state index contributed by atoms with van der Waals surface area (Å²) in [4.78, 5) is 14.7. The van der Waals surface area contributed by atoms with Crippen molar-refractivity contribution in [2.24, 2.45) is 0 Å². The van der Waals surface area contributed by atoms with Crippen LogP contribution >= 0.6 is 11.8 Å². The summed E-state index contributed by atoms with van der Waals surface area (Å²) in [6.45, 7) is -0.0777. The Hall–Kier alpha value is -1.21. The molecular weight excluding hydrogens is 310 g/mol. The van der Waals surface area contributed by atoms with E-state index in [9.17, 15) is 13.2 Å². The van der Waals surface area contributed by atoms with Crippen molar-refractivity contribution in [3.63, 3.8) is 0 Å². The molecule has 1 unspecified atom stereocenters. The number of carbonyl (C=O) groups is 1. The van der Waals surface area contributed by atoms with Crippen molar-refractivity contribution in [1.82, 2.24) is 4.90 Å². The minimum Gasteiger partial charge on any atom is -0.484 e. The van der Waals surface area contributed by atoms with Gasteiger partial charge in [0.15, 0.2) is 16.4 Å². The van der Waals surface area contributed by atoms with Crippen LogP contribution in [0.4, 0.5) is 0 Å². The van der Waals surface area contributed by atoms with E-state index in [4.69, 9.17) is 4.74 Å². The van der Waals surface area contributed by atoms with Crippen LogP contribution in [-0.2, 0) is 14.6 Å². The number of amides is 1. The van der Waals surface area contributed by atoms with E-state index in [1.165, 1.54) is 4.90 Å². The predicted molar refractivity (Wildman–Crippen MR) is 83.5 cm³/mol. The summed E-state index contributed by atoms with van der Waals surface area (Å²) in [7, 11) is -1.35. The van der Waals surface area contributed by atoms with Gasteiger partial charge in [0.25, 0.3) is 5.91 Å². The minimum atomic E-state index is -2.99. The lowest BCUT2D eigenvalue weighted by molar-refractivity contribution is -0.133. The molecule has 1 aromatic rings. The van der Waals surface area contributed by atoms with Gasteiger partial charge >= 0.3 is 0 Å². The van der Waals surface area contributed by atoms with Crippen LogP contribution in [0.25, 0.3) is 0 Å². The number of ether oxygens (including phenoxy) is 1. The molecule has 116 valence electrons. The largest absolute Gasteiger partial charge is 0.484 e. The molecule has 0 aromatic heterocycles. The lowest BCUT2D eigenvalue weighted by atomic mass is 10.2. The van der Waals surface area contributed by atoms with Crippen LogP contribution in [0.15, 0.2) is 29.2 Å². The Kier molecular flexibility index (Phi) is 5.16. The second kappa shape index (κ2) is 6.70. The first-order chi connectivity index (χ1) is 9.91. The Balaban J connectivity index is 1.86. The van der Waals surface area contributed by atoms with Crippen LogP contribution in [0.1, 0.15) is 6.42 Å². The van der Waals surface area contributed by atoms with Gasteiger partial charge in [-0.3, -0.25) is 4.79 Å². The third-order valence-electron chi connectivity index (χ3n) is 3.57. The Labute approximate surface area is 129 Å². The van der Waals surface area contributed by atoms with Crippen molar-refractivity contribution in [1.29, 1.82) is 0 Å². The smallest absolute Gasteiger partial charge is 0.260 e. The van der Waals surface area contributed by atoms with Gasteiger partial charge in [0, 0.05) is 18.0 Å². The fourth-order valence-corrected chi connectivity index (χ4v) is 4.39. The number of rotatable bonds is 5. The number of hydrogen-bond donors (Lipinski definition) is 0. The molecular formula is C14H19NO4S2. The molecule has 1 fully saturated rings. The molecule has 1 heterocycles. The Morgan fingerprint density at radius 1 is 1.38 bits per heavy atom. The van der Waals surface area contributed by atoms with E-state index in [1.807, 2.05) is 30.5 Å². The SMILES string of the molecule is CSc1ccc(OCC(=O)N(C)C2CCS(=O)(=O)C2)cc1. The lowest BCUT2D eigenvalue weighted by Crippen LogP contribution is -2.40. The van der Waals surface area contributed by atoms with Crippen LogP contribution in [0.3, 0.4) is 0 Å². The van der Waals surface area contributed by atoms with Crippen LogP contribution in [-0.4, -0.2) is 56.7 Å². The molecule has 5 nitrogen and oxygen atoms in total. The van der Waals surface area contributed by atoms with Crippen molar-refractivity contribution in [2.75, 3.05) is 31.4 Å². The van der Waals surface area contributed by atoms with Gasteiger partial charge in [0.05, 0.1) is 11.5 Å². The molecule has 21 heavy (non-hydrogen) atoms. The van der Waals surface area contributed by atoms with Crippen molar-refractivity contribution >= 4 is 27.5 Å². The van der Waals surface area contributed by atoms with Gasteiger partial charge in [0.1, 0.15) is 5.75 Å². The van der Waals surface area contributed by atoms with Crippen LogP contribution in [0.2, 0.25) is 0 Å². The molecule has 1 saturated heterocycles. The number of benzene rings is 1. The minimum absolute atomic E-state index is 0.0532. The van der Waals surface area contributed by atoms with Crippen LogP contribution in [0.5, 0.6) is 5.75 Å². The van der Waals surface area contributed by atoms with Crippen LogP contribution < -0.4 is 4.74 Å². The van der Waals surface area contributed by atoms with E-state index in [-0.39, 0.29) is 30.1 Å². The van der Waals surface area contributed by atoms with Crippen molar-refractivity contribution in [3.05, 3.63) is 24.3 Å².